The fourth-order valence-electron chi connectivity index (χ4n) is 2.21. The fraction of sp³-hybridized carbons (Fsp3) is 0.250. The minimum atomic E-state index is -0.542. The third-order valence-electron chi connectivity index (χ3n) is 3.25. The summed E-state index contributed by atoms with van der Waals surface area (Å²) in [5, 5.41) is 0. The predicted molar refractivity (Wildman–Crippen MR) is 70.4 cm³/mol. The number of amides is 1. The van der Waals surface area contributed by atoms with Crippen LogP contribution in [0.25, 0.3) is 0 Å². The fourth-order valence-corrected chi connectivity index (χ4v) is 2.21. The van der Waals surface area contributed by atoms with Gasteiger partial charge in [-0.1, -0.05) is 0 Å². The minimum Gasteiger partial charge on any atom is -0.397 e. The van der Waals surface area contributed by atoms with E-state index in [1.54, 1.807) is 12.3 Å². The van der Waals surface area contributed by atoms with Gasteiger partial charge >= 0.3 is 0 Å². The van der Waals surface area contributed by atoms with Crippen molar-refractivity contribution in [1.29, 1.82) is 0 Å². The van der Waals surface area contributed by atoms with Crippen molar-refractivity contribution in [2.45, 2.75) is 13.1 Å². The van der Waals surface area contributed by atoms with Gasteiger partial charge in [-0.25, -0.2) is 9.97 Å². The molecule has 19 heavy (non-hydrogen) atoms. The minimum absolute atomic E-state index is 0.301. The molecule has 0 saturated carbocycles. The van der Waals surface area contributed by atoms with Gasteiger partial charge in [0.15, 0.2) is 0 Å². The number of nitrogens with two attached hydrogens (primary N) is 2. The van der Waals surface area contributed by atoms with E-state index in [1.165, 1.54) is 6.20 Å². The highest BCUT2D eigenvalue weighted by atomic mass is 16.1. The first kappa shape index (κ1) is 11.5. The predicted octanol–water partition coefficient (Wildman–Crippen LogP) is -0.0206. The van der Waals surface area contributed by atoms with Gasteiger partial charge in [0.1, 0.15) is 11.6 Å². The van der Waals surface area contributed by atoms with Gasteiger partial charge in [0.25, 0.3) is 5.91 Å². The van der Waals surface area contributed by atoms with E-state index in [-0.39, 0.29) is 0 Å². The summed E-state index contributed by atoms with van der Waals surface area (Å²) in [6.45, 7) is 2.30. The van der Waals surface area contributed by atoms with E-state index in [2.05, 4.69) is 14.5 Å². The standard InChI is InChI=1S/C12H14N6O/c13-9-6-16-10(5-8(9)12(14)19)18-4-3-17-2-1-15-11(17)7-18/h1-2,5-6H,3-4,7,13H2,(H2,14,19). The van der Waals surface area contributed by atoms with Crippen molar-refractivity contribution in [3.8, 4) is 0 Å². The van der Waals surface area contributed by atoms with Crippen LogP contribution in [0.15, 0.2) is 24.7 Å². The number of carbonyl (C=O) groups excluding carboxylic acids is 1. The Labute approximate surface area is 109 Å². The lowest BCUT2D eigenvalue weighted by molar-refractivity contribution is 0.100. The molecule has 2 aromatic rings. The van der Waals surface area contributed by atoms with Gasteiger partial charge in [0.05, 0.1) is 24.0 Å². The highest BCUT2D eigenvalue weighted by molar-refractivity contribution is 5.98. The summed E-state index contributed by atoms with van der Waals surface area (Å²) in [7, 11) is 0. The van der Waals surface area contributed by atoms with Gasteiger partial charge in [-0.2, -0.15) is 0 Å². The van der Waals surface area contributed by atoms with Gasteiger partial charge < -0.3 is 20.9 Å². The van der Waals surface area contributed by atoms with Crippen LogP contribution in [0.2, 0.25) is 0 Å². The molecular weight excluding hydrogens is 244 g/mol. The molecule has 4 N–H and O–H groups in total. The molecule has 0 aliphatic carbocycles. The van der Waals surface area contributed by atoms with Crippen LogP contribution in [0.1, 0.15) is 16.2 Å². The number of hydrogen-bond acceptors (Lipinski definition) is 5. The van der Waals surface area contributed by atoms with Crippen LogP contribution >= 0.6 is 0 Å². The smallest absolute Gasteiger partial charge is 0.250 e. The number of imidazole rings is 1. The van der Waals surface area contributed by atoms with Crippen molar-refractivity contribution in [3.63, 3.8) is 0 Å². The summed E-state index contributed by atoms with van der Waals surface area (Å²) < 4.78 is 2.10. The van der Waals surface area contributed by atoms with Crippen molar-refractivity contribution in [2.24, 2.45) is 5.73 Å². The third kappa shape index (κ3) is 1.99. The summed E-state index contributed by atoms with van der Waals surface area (Å²) >= 11 is 0. The summed E-state index contributed by atoms with van der Waals surface area (Å²) in [5.74, 6) is 1.13. The number of nitrogens with zero attached hydrogens (tertiary/aromatic N) is 4. The van der Waals surface area contributed by atoms with Gasteiger partial charge in [-0.3, -0.25) is 4.79 Å². The van der Waals surface area contributed by atoms with E-state index in [0.717, 1.165) is 18.9 Å². The maximum atomic E-state index is 11.3. The highest BCUT2D eigenvalue weighted by Gasteiger charge is 2.19. The van der Waals surface area contributed by atoms with Crippen molar-refractivity contribution in [1.82, 2.24) is 14.5 Å². The molecule has 3 rings (SSSR count). The number of primary amides is 1. The molecule has 0 fully saturated rings. The first-order valence-electron chi connectivity index (χ1n) is 5.95. The summed E-state index contributed by atoms with van der Waals surface area (Å²) in [4.78, 5) is 21.9. The van der Waals surface area contributed by atoms with Crippen LogP contribution in [0.4, 0.5) is 11.5 Å². The number of nitrogen functional groups attached to an aromatic ring is 1. The Kier molecular flexibility index (Phi) is 2.59. The molecule has 7 heteroatoms. The number of pyridine rings is 1. The average molecular weight is 258 g/mol. The number of fused-ring (bicyclic) bond motifs is 1. The molecule has 0 radical (unpaired) electrons. The molecule has 0 spiro atoms. The average Bonchev–Trinajstić information content (AvgIpc) is 2.86. The van der Waals surface area contributed by atoms with E-state index in [0.29, 0.717) is 23.6 Å². The zero-order valence-electron chi connectivity index (χ0n) is 10.3. The van der Waals surface area contributed by atoms with E-state index in [1.807, 2.05) is 11.1 Å². The van der Waals surface area contributed by atoms with Gasteiger partial charge in [-0.05, 0) is 6.07 Å². The van der Waals surface area contributed by atoms with Crippen LogP contribution in [0, 0.1) is 0 Å². The molecule has 0 atom stereocenters. The Balaban J connectivity index is 1.92. The summed E-state index contributed by atoms with van der Waals surface area (Å²) in [6, 6.07) is 1.64. The summed E-state index contributed by atoms with van der Waals surface area (Å²) in [5.41, 5.74) is 11.6. The monoisotopic (exact) mass is 258 g/mol. The lowest BCUT2D eigenvalue weighted by Gasteiger charge is -2.28. The Morgan fingerprint density at radius 3 is 2.95 bits per heavy atom. The van der Waals surface area contributed by atoms with Crippen LogP contribution < -0.4 is 16.4 Å². The van der Waals surface area contributed by atoms with Crippen molar-refractivity contribution in [3.05, 3.63) is 36.0 Å². The summed E-state index contributed by atoms with van der Waals surface area (Å²) in [6.07, 6.45) is 5.21. The zero-order valence-corrected chi connectivity index (χ0v) is 10.3. The van der Waals surface area contributed by atoms with E-state index >= 15 is 0 Å². The molecule has 0 unspecified atom stereocenters. The van der Waals surface area contributed by atoms with Crippen LogP contribution in [0.5, 0.6) is 0 Å². The second-order valence-electron chi connectivity index (χ2n) is 4.45. The topological polar surface area (TPSA) is 103 Å². The maximum absolute atomic E-state index is 11.3. The molecule has 1 amide bonds. The van der Waals surface area contributed by atoms with Gasteiger partial charge in [0.2, 0.25) is 0 Å². The molecule has 0 saturated heterocycles. The van der Waals surface area contributed by atoms with Crippen molar-refractivity contribution >= 4 is 17.4 Å². The number of rotatable bonds is 2. The molecule has 1 aliphatic heterocycles. The molecule has 1 aliphatic rings. The lowest BCUT2D eigenvalue weighted by Crippen LogP contribution is -2.34. The zero-order chi connectivity index (χ0) is 13.4. The first-order chi connectivity index (χ1) is 9.15. The van der Waals surface area contributed by atoms with Crippen molar-refractivity contribution < 1.29 is 4.79 Å². The number of anilines is 2. The first-order valence-corrected chi connectivity index (χ1v) is 5.95. The molecule has 0 bridgehead atoms. The van der Waals surface area contributed by atoms with Gasteiger partial charge in [-0.15, -0.1) is 0 Å². The Morgan fingerprint density at radius 1 is 1.32 bits per heavy atom. The second kappa shape index (κ2) is 4.27. The van der Waals surface area contributed by atoms with Crippen molar-refractivity contribution in [2.75, 3.05) is 17.2 Å². The van der Waals surface area contributed by atoms with Crippen LogP contribution in [-0.4, -0.2) is 27.0 Å². The molecule has 7 nitrogen and oxygen atoms in total. The molecule has 3 heterocycles. The normalized spacial score (nSPS) is 14.2. The Morgan fingerprint density at radius 2 is 2.16 bits per heavy atom. The second-order valence-corrected chi connectivity index (χ2v) is 4.45. The number of carbonyl (C=O) groups is 1. The number of aromatic nitrogens is 3. The van der Waals surface area contributed by atoms with E-state index < -0.39 is 5.91 Å². The van der Waals surface area contributed by atoms with Crippen LogP contribution in [0.3, 0.4) is 0 Å². The molecule has 2 aromatic heterocycles. The van der Waals surface area contributed by atoms with Crippen LogP contribution in [-0.2, 0) is 13.1 Å². The Hall–Kier alpha value is -2.57. The largest absolute Gasteiger partial charge is 0.397 e. The SMILES string of the molecule is NC(=O)c1cc(N2CCn3ccnc3C2)ncc1N. The van der Waals surface area contributed by atoms with Gasteiger partial charge in [0, 0.05) is 25.5 Å². The quantitative estimate of drug-likeness (QED) is 0.788. The molecular formula is C12H14N6O. The Bertz CT molecular complexity index is 635. The third-order valence-corrected chi connectivity index (χ3v) is 3.25. The molecule has 0 aromatic carbocycles. The highest BCUT2D eigenvalue weighted by Crippen LogP contribution is 2.21. The maximum Gasteiger partial charge on any atom is 0.250 e. The lowest BCUT2D eigenvalue weighted by atomic mass is 10.2. The van der Waals surface area contributed by atoms with E-state index in [9.17, 15) is 4.79 Å². The van der Waals surface area contributed by atoms with E-state index in [4.69, 9.17) is 11.5 Å². The number of hydrogen-bond donors (Lipinski definition) is 2. The molecule has 98 valence electrons.